The Morgan fingerprint density at radius 1 is 1.17 bits per heavy atom. The molecule has 4 heteroatoms. The van der Waals surface area contributed by atoms with Gasteiger partial charge in [0.25, 0.3) is 0 Å². The van der Waals surface area contributed by atoms with Gasteiger partial charge in [-0.1, -0.05) is 25.4 Å². The Labute approximate surface area is 112 Å². The fourth-order valence-corrected chi connectivity index (χ4v) is 2.34. The lowest BCUT2D eigenvalue weighted by atomic mass is 9.77. The van der Waals surface area contributed by atoms with E-state index < -0.39 is 0 Å². The van der Waals surface area contributed by atoms with Crippen LogP contribution in [0.1, 0.15) is 33.1 Å². The van der Waals surface area contributed by atoms with Crippen LogP contribution >= 0.6 is 11.6 Å². The summed E-state index contributed by atoms with van der Waals surface area (Å²) in [6.07, 6.45) is 1.66. The van der Waals surface area contributed by atoms with Crippen molar-refractivity contribution in [3.05, 3.63) is 29.3 Å². The van der Waals surface area contributed by atoms with Crippen LogP contribution < -0.4 is 4.90 Å². The summed E-state index contributed by atoms with van der Waals surface area (Å²) in [7, 11) is 0. The van der Waals surface area contributed by atoms with Crippen LogP contribution in [0.3, 0.4) is 0 Å². The van der Waals surface area contributed by atoms with Gasteiger partial charge in [0, 0.05) is 17.9 Å². The first-order valence-electron chi connectivity index (χ1n) is 6.06. The fourth-order valence-electron chi connectivity index (χ4n) is 2.22. The number of rotatable bonds is 2. The first kappa shape index (κ1) is 13.1. The maximum absolute atomic E-state index is 12.1. The molecular weight excluding hydrogens is 250 g/mol. The van der Waals surface area contributed by atoms with Crippen molar-refractivity contribution >= 4 is 29.1 Å². The van der Waals surface area contributed by atoms with Crippen molar-refractivity contribution < 1.29 is 9.59 Å². The predicted octanol–water partition coefficient (Wildman–Crippen LogP) is 3.41. The normalized spacial score (nSPS) is 19.2. The van der Waals surface area contributed by atoms with E-state index >= 15 is 0 Å². The third-order valence-corrected chi connectivity index (χ3v) is 3.85. The van der Waals surface area contributed by atoms with Crippen molar-refractivity contribution in [3.8, 4) is 0 Å². The lowest BCUT2D eigenvalue weighted by Crippen LogP contribution is -2.47. The van der Waals surface area contributed by atoms with Gasteiger partial charge in [-0.05, 0) is 36.1 Å². The van der Waals surface area contributed by atoms with E-state index in [0.717, 1.165) is 6.42 Å². The molecule has 0 spiro atoms. The molecule has 96 valence electrons. The van der Waals surface area contributed by atoms with Crippen molar-refractivity contribution in [1.82, 2.24) is 0 Å². The molecule has 1 heterocycles. The van der Waals surface area contributed by atoms with E-state index in [0.29, 0.717) is 23.6 Å². The average molecular weight is 266 g/mol. The average Bonchev–Trinajstić information content (AvgIpc) is 2.30. The second-order valence-corrected chi connectivity index (χ2v) is 5.55. The van der Waals surface area contributed by atoms with E-state index in [4.69, 9.17) is 11.6 Å². The van der Waals surface area contributed by atoms with E-state index in [-0.39, 0.29) is 17.2 Å². The Bertz CT molecular complexity index is 463. The molecule has 1 saturated heterocycles. The zero-order valence-electron chi connectivity index (χ0n) is 10.6. The highest BCUT2D eigenvalue weighted by Gasteiger charge is 2.39. The van der Waals surface area contributed by atoms with Crippen LogP contribution in [0, 0.1) is 5.41 Å². The lowest BCUT2D eigenvalue weighted by Gasteiger charge is -2.36. The fraction of sp³-hybridized carbons (Fsp3) is 0.429. The highest BCUT2D eigenvalue weighted by Crippen LogP contribution is 2.37. The zero-order valence-corrected chi connectivity index (χ0v) is 11.3. The molecule has 0 atom stereocenters. The Balaban J connectivity index is 2.28. The molecular formula is C14H16ClNO2. The van der Waals surface area contributed by atoms with E-state index in [2.05, 4.69) is 0 Å². The van der Waals surface area contributed by atoms with Gasteiger partial charge in [0.1, 0.15) is 0 Å². The number of hydrogen-bond acceptors (Lipinski definition) is 2. The van der Waals surface area contributed by atoms with Gasteiger partial charge in [0.05, 0.1) is 5.69 Å². The first-order valence-corrected chi connectivity index (χ1v) is 6.44. The molecule has 1 aromatic rings. The number of imide groups is 1. The summed E-state index contributed by atoms with van der Waals surface area (Å²) >= 11 is 5.80. The monoisotopic (exact) mass is 265 g/mol. The topological polar surface area (TPSA) is 37.4 Å². The molecule has 18 heavy (non-hydrogen) atoms. The van der Waals surface area contributed by atoms with E-state index in [1.807, 2.05) is 13.8 Å². The maximum atomic E-state index is 12.1. The van der Waals surface area contributed by atoms with Gasteiger partial charge in [-0.2, -0.15) is 0 Å². The minimum absolute atomic E-state index is 0.127. The minimum atomic E-state index is -0.197. The van der Waals surface area contributed by atoms with E-state index in [9.17, 15) is 9.59 Å². The van der Waals surface area contributed by atoms with Crippen LogP contribution in [-0.2, 0) is 9.59 Å². The molecule has 1 aliphatic heterocycles. The highest BCUT2D eigenvalue weighted by atomic mass is 35.5. The summed E-state index contributed by atoms with van der Waals surface area (Å²) in [5.74, 6) is -0.254. The number of carbonyl (C=O) groups excluding carboxylic acids is 2. The lowest BCUT2D eigenvalue weighted by molar-refractivity contribution is -0.133. The Morgan fingerprint density at radius 2 is 1.67 bits per heavy atom. The van der Waals surface area contributed by atoms with Crippen molar-refractivity contribution in [1.29, 1.82) is 0 Å². The molecule has 1 fully saturated rings. The molecule has 0 aromatic heterocycles. The van der Waals surface area contributed by atoms with Crippen LogP contribution in [0.5, 0.6) is 0 Å². The number of benzene rings is 1. The quantitative estimate of drug-likeness (QED) is 0.769. The van der Waals surface area contributed by atoms with Crippen LogP contribution in [-0.4, -0.2) is 11.8 Å². The van der Waals surface area contributed by atoms with Gasteiger partial charge in [-0.25, -0.2) is 0 Å². The zero-order chi connectivity index (χ0) is 13.3. The largest absolute Gasteiger partial charge is 0.274 e. The van der Waals surface area contributed by atoms with Crippen molar-refractivity contribution in [2.24, 2.45) is 5.41 Å². The molecule has 0 bridgehead atoms. The predicted molar refractivity (Wildman–Crippen MR) is 71.6 cm³/mol. The van der Waals surface area contributed by atoms with Gasteiger partial charge < -0.3 is 0 Å². The number of hydrogen-bond donors (Lipinski definition) is 0. The van der Waals surface area contributed by atoms with Crippen LogP contribution in [0.15, 0.2) is 24.3 Å². The Kier molecular flexibility index (Phi) is 3.44. The van der Waals surface area contributed by atoms with Crippen LogP contribution in [0.2, 0.25) is 5.02 Å². The highest BCUT2D eigenvalue weighted by molar-refractivity contribution is 6.30. The number of anilines is 1. The number of nitrogens with zero attached hydrogens (tertiary/aromatic N) is 1. The molecule has 0 unspecified atom stereocenters. The molecule has 0 radical (unpaired) electrons. The van der Waals surface area contributed by atoms with Crippen molar-refractivity contribution in [3.63, 3.8) is 0 Å². The number of halogens is 1. The summed E-state index contributed by atoms with van der Waals surface area (Å²) in [4.78, 5) is 25.5. The van der Waals surface area contributed by atoms with Crippen LogP contribution in [0.25, 0.3) is 0 Å². The smallest absolute Gasteiger partial charge is 0.234 e. The molecule has 0 aliphatic carbocycles. The van der Waals surface area contributed by atoms with Gasteiger partial charge in [0.15, 0.2) is 0 Å². The molecule has 1 aromatic carbocycles. The van der Waals surface area contributed by atoms with Gasteiger partial charge in [0.2, 0.25) is 11.8 Å². The summed E-state index contributed by atoms with van der Waals surface area (Å²) in [5, 5.41) is 0.592. The third kappa shape index (κ3) is 2.41. The Morgan fingerprint density at radius 3 is 2.11 bits per heavy atom. The van der Waals surface area contributed by atoms with Crippen LogP contribution in [0.4, 0.5) is 5.69 Å². The number of piperidine rings is 1. The standard InChI is InChI=1S/C14H16ClNO2/c1-3-14(2)8-12(17)16(13(18)9-14)11-6-4-10(15)5-7-11/h4-7H,3,8-9H2,1-2H3. The summed E-state index contributed by atoms with van der Waals surface area (Å²) < 4.78 is 0. The van der Waals surface area contributed by atoms with Crippen molar-refractivity contribution in [2.75, 3.05) is 4.90 Å². The third-order valence-electron chi connectivity index (χ3n) is 3.59. The molecule has 0 N–H and O–H groups in total. The van der Waals surface area contributed by atoms with E-state index in [1.165, 1.54) is 4.90 Å². The number of amides is 2. The van der Waals surface area contributed by atoms with Crippen molar-refractivity contribution in [2.45, 2.75) is 33.1 Å². The van der Waals surface area contributed by atoms with E-state index in [1.54, 1.807) is 24.3 Å². The van der Waals surface area contributed by atoms with Gasteiger partial charge in [-0.15, -0.1) is 0 Å². The van der Waals surface area contributed by atoms with Gasteiger partial charge in [-0.3, -0.25) is 14.5 Å². The summed E-state index contributed by atoms with van der Waals surface area (Å²) in [5.41, 5.74) is 0.407. The first-order chi connectivity index (χ1) is 8.45. The maximum Gasteiger partial charge on any atom is 0.234 e. The molecule has 2 rings (SSSR count). The molecule has 1 aliphatic rings. The molecule has 3 nitrogen and oxygen atoms in total. The minimum Gasteiger partial charge on any atom is -0.274 e. The second kappa shape index (κ2) is 4.73. The summed E-state index contributed by atoms with van der Waals surface area (Å²) in [6, 6.07) is 6.77. The van der Waals surface area contributed by atoms with Gasteiger partial charge >= 0.3 is 0 Å². The summed E-state index contributed by atoms with van der Waals surface area (Å²) in [6.45, 7) is 4.00. The number of carbonyl (C=O) groups is 2. The molecule has 0 saturated carbocycles. The second-order valence-electron chi connectivity index (χ2n) is 5.12. The Hall–Kier alpha value is -1.35. The SMILES string of the molecule is CCC1(C)CC(=O)N(c2ccc(Cl)cc2)C(=O)C1. The molecule has 2 amide bonds.